The van der Waals surface area contributed by atoms with Gasteiger partial charge in [0.15, 0.2) is 0 Å². The molecule has 0 radical (unpaired) electrons. The third kappa shape index (κ3) is 6.12. The number of nitrogens with zero attached hydrogens (tertiary/aromatic N) is 1. The lowest BCUT2D eigenvalue weighted by Gasteiger charge is -2.31. The molecule has 3 heteroatoms. The third-order valence-electron chi connectivity index (χ3n) is 3.85. The minimum absolute atomic E-state index is 0.786. The number of rotatable bonds is 7. The summed E-state index contributed by atoms with van der Waals surface area (Å²) in [6.45, 7) is 11.7. The van der Waals surface area contributed by atoms with Crippen molar-refractivity contribution < 1.29 is 0 Å². The zero-order chi connectivity index (χ0) is 12.7. The van der Waals surface area contributed by atoms with Gasteiger partial charge in [0, 0.05) is 24.1 Å². The Bertz CT molecular complexity index is 197. The molecule has 1 heterocycles. The second-order valence-electron chi connectivity index (χ2n) is 5.71. The van der Waals surface area contributed by atoms with Crippen molar-refractivity contribution in [2.45, 2.75) is 45.3 Å². The van der Waals surface area contributed by atoms with Gasteiger partial charge in [0.05, 0.1) is 0 Å². The highest BCUT2D eigenvalue weighted by Crippen LogP contribution is 2.22. The second-order valence-corrected chi connectivity index (χ2v) is 7.25. The molecule has 0 bridgehead atoms. The molecule has 2 unspecified atom stereocenters. The SMILES string of the molecule is CC1CN(CCCC(CCN)C(C)C)CCS1. The van der Waals surface area contributed by atoms with Gasteiger partial charge >= 0.3 is 0 Å². The summed E-state index contributed by atoms with van der Waals surface area (Å²) in [6, 6.07) is 0. The van der Waals surface area contributed by atoms with Crippen LogP contribution in [0.2, 0.25) is 0 Å². The van der Waals surface area contributed by atoms with Crippen molar-refractivity contribution in [3.8, 4) is 0 Å². The van der Waals surface area contributed by atoms with Crippen LogP contribution in [0.15, 0.2) is 0 Å². The Kier molecular flexibility index (Phi) is 7.56. The minimum Gasteiger partial charge on any atom is -0.330 e. The lowest BCUT2D eigenvalue weighted by atomic mass is 9.88. The van der Waals surface area contributed by atoms with Crippen LogP contribution in [-0.2, 0) is 0 Å². The van der Waals surface area contributed by atoms with Gasteiger partial charge in [-0.2, -0.15) is 11.8 Å². The molecule has 2 atom stereocenters. The predicted molar refractivity (Wildman–Crippen MR) is 79.6 cm³/mol. The number of nitrogens with two attached hydrogens (primary N) is 1. The highest BCUT2D eigenvalue weighted by atomic mass is 32.2. The van der Waals surface area contributed by atoms with Crippen LogP contribution in [0.25, 0.3) is 0 Å². The van der Waals surface area contributed by atoms with Crippen LogP contribution in [0.3, 0.4) is 0 Å². The summed E-state index contributed by atoms with van der Waals surface area (Å²) in [5.74, 6) is 2.93. The van der Waals surface area contributed by atoms with Gasteiger partial charge < -0.3 is 10.6 Å². The molecule has 2 N–H and O–H groups in total. The standard InChI is InChI=1S/C14H30N2S/c1-12(2)14(6-7-15)5-4-8-16-9-10-17-13(3)11-16/h12-14H,4-11,15H2,1-3H3. The van der Waals surface area contributed by atoms with Crippen molar-refractivity contribution in [2.75, 3.05) is 31.9 Å². The maximum atomic E-state index is 5.69. The molecule has 1 aliphatic heterocycles. The second kappa shape index (κ2) is 8.39. The van der Waals surface area contributed by atoms with Crippen molar-refractivity contribution in [2.24, 2.45) is 17.6 Å². The van der Waals surface area contributed by atoms with E-state index in [0.717, 1.165) is 23.6 Å². The van der Waals surface area contributed by atoms with E-state index in [4.69, 9.17) is 5.73 Å². The van der Waals surface area contributed by atoms with E-state index in [0.29, 0.717) is 0 Å². The van der Waals surface area contributed by atoms with Gasteiger partial charge in [-0.1, -0.05) is 20.8 Å². The van der Waals surface area contributed by atoms with E-state index in [1.54, 1.807) is 0 Å². The van der Waals surface area contributed by atoms with Crippen molar-refractivity contribution in [3.05, 3.63) is 0 Å². The lowest BCUT2D eigenvalue weighted by molar-refractivity contribution is 0.255. The molecule has 0 saturated carbocycles. The van der Waals surface area contributed by atoms with Crippen molar-refractivity contribution in [1.29, 1.82) is 0 Å². The molecule has 0 aromatic heterocycles. The van der Waals surface area contributed by atoms with E-state index in [9.17, 15) is 0 Å². The molecule has 1 aliphatic rings. The van der Waals surface area contributed by atoms with Crippen LogP contribution in [0, 0.1) is 11.8 Å². The van der Waals surface area contributed by atoms with Crippen LogP contribution in [0.5, 0.6) is 0 Å². The first-order chi connectivity index (χ1) is 8.13. The van der Waals surface area contributed by atoms with Gasteiger partial charge in [-0.3, -0.25) is 0 Å². The van der Waals surface area contributed by atoms with Crippen LogP contribution in [0.1, 0.15) is 40.0 Å². The highest BCUT2D eigenvalue weighted by Gasteiger charge is 2.17. The van der Waals surface area contributed by atoms with Crippen molar-refractivity contribution >= 4 is 11.8 Å². The summed E-state index contributed by atoms with van der Waals surface area (Å²) in [5.41, 5.74) is 5.69. The Morgan fingerprint density at radius 2 is 2.12 bits per heavy atom. The maximum Gasteiger partial charge on any atom is 0.0147 e. The molecular formula is C14H30N2S. The molecule has 0 aromatic rings. The zero-order valence-electron chi connectivity index (χ0n) is 11.8. The molecule has 0 aromatic carbocycles. The first-order valence-electron chi connectivity index (χ1n) is 7.17. The highest BCUT2D eigenvalue weighted by molar-refractivity contribution is 7.99. The number of hydrogen-bond donors (Lipinski definition) is 1. The Morgan fingerprint density at radius 3 is 2.71 bits per heavy atom. The fourth-order valence-corrected chi connectivity index (χ4v) is 3.78. The molecular weight excluding hydrogens is 228 g/mol. The monoisotopic (exact) mass is 258 g/mol. The van der Waals surface area contributed by atoms with E-state index < -0.39 is 0 Å². The van der Waals surface area contributed by atoms with Crippen molar-refractivity contribution in [1.82, 2.24) is 4.90 Å². The van der Waals surface area contributed by atoms with Crippen LogP contribution >= 0.6 is 11.8 Å². The average molecular weight is 258 g/mol. The van der Waals surface area contributed by atoms with Crippen LogP contribution < -0.4 is 5.73 Å². The number of thioether (sulfide) groups is 1. The molecule has 1 fully saturated rings. The lowest BCUT2D eigenvalue weighted by Crippen LogP contribution is -2.37. The van der Waals surface area contributed by atoms with E-state index in [1.807, 2.05) is 0 Å². The molecule has 0 amide bonds. The Morgan fingerprint density at radius 1 is 1.35 bits per heavy atom. The Labute approximate surface area is 112 Å². The summed E-state index contributed by atoms with van der Waals surface area (Å²) in [5, 5.41) is 0.827. The number of hydrogen-bond acceptors (Lipinski definition) is 3. The fraction of sp³-hybridized carbons (Fsp3) is 1.00. The summed E-state index contributed by atoms with van der Waals surface area (Å²) in [4.78, 5) is 2.64. The molecule has 1 saturated heterocycles. The summed E-state index contributed by atoms with van der Waals surface area (Å²) in [7, 11) is 0. The van der Waals surface area contributed by atoms with Crippen LogP contribution in [-0.4, -0.2) is 42.1 Å². The van der Waals surface area contributed by atoms with Gasteiger partial charge in [-0.15, -0.1) is 0 Å². The van der Waals surface area contributed by atoms with Gasteiger partial charge in [-0.25, -0.2) is 0 Å². The van der Waals surface area contributed by atoms with Gasteiger partial charge in [-0.05, 0) is 44.2 Å². The average Bonchev–Trinajstić information content (AvgIpc) is 2.28. The maximum absolute atomic E-state index is 5.69. The summed E-state index contributed by atoms with van der Waals surface area (Å²) < 4.78 is 0. The first-order valence-corrected chi connectivity index (χ1v) is 8.22. The molecule has 102 valence electrons. The molecule has 0 spiro atoms. The van der Waals surface area contributed by atoms with Gasteiger partial charge in [0.25, 0.3) is 0 Å². The van der Waals surface area contributed by atoms with Crippen molar-refractivity contribution in [3.63, 3.8) is 0 Å². The Hall–Kier alpha value is 0.270. The molecule has 2 nitrogen and oxygen atoms in total. The van der Waals surface area contributed by atoms with E-state index in [2.05, 4.69) is 37.4 Å². The normalized spacial score (nSPS) is 24.2. The van der Waals surface area contributed by atoms with E-state index in [-0.39, 0.29) is 0 Å². The molecule has 0 aliphatic carbocycles. The Balaban J connectivity index is 2.16. The topological polar surface area (TPSA) is 29.3 Å². The summed E-state index contributed by atoms with van der Waals surface area (Å²) >= 11 is 2.12. The third-order valence-corrected chi connectivity index (χ3v) is 4.99. The molecule has 1 rings (SSSR count). The molecule has 17 heavy (non-hydrogen) atoms. The largest absolute Gasteiger partial charge is 0.330 e. The van der Waals surface area contributed by atoms with Gasteiger partial charge in [0.2, 0.25) is 0 Å². The quantitative estimate of drug-likeness (QED) is 0.761. The smallest absolute Gasteiger partial charge is 0.0147 e. The van der Waals surface area contributed by atoms with Gasteiger partial charge in [0.1, 0.15) is 0 Å². The fourth-order valence-electron chi connectivity index (χ4n) is 2.70. The van der Waals surface area contributed by atoms with Crippen LogP contribution in [0.4, 0.5) is 0 Å². The minimum atomic E-state index is 0.786. The zero-order valence-corrected chi connectivity index (χ0v) is 12.6. The summed E-state index contributed by atoms with van der Waals surface area (Å²) in [6.07, 6.45) is 3.90. The van der Waals surface area contributed by atoms with E-state index >= 15 is 0 Å². The first kappa shape index (κ1) is 15.3. The predicted octanol–water partition coefficient (Wildman–Crippen LogP) is 2.82. The van der Waals surface area contributed by atoms with E-state index in [1.165, 1.54) is 44.6 Å².